The fourth-order valence-corrected chi connectivity index (χ4v) is 3.13. The lowest BCUT2D eigenvalue weighted by molar-refractivity contribution is -0.195. The molecule has 1 aromatic carbocycles. The summed E-state index contributed by atoms with van der Waals surface area (Å²) in [6.07, 6.45) is -0.818. The summed E-state index contributed by atoms with van der Waals surface area (Å²) in [5, 5.41) is -2.41. The van der Waals surface area contributed by atoms with Crippen LogP contribution >= 0.6 is 11.8 Å². The Morgan fingerprint density at radius 3 is 2.42 bits per heavy atom. The first kappa shape index (κ1) is 18.1. The molecule has 1 saturated heterocycles. The largest absolute Gasteiger partial charge is 0.343 e. The van der Waals surface area contributed by atoms with E-state index in [4.69, 9.17) is 4.55 Å². The molecule has 0 spiro atoms. The zero-order chi connectivity index (χ0) is 17.9. The van der Waals surface area contributed by atoms with E-state index >= 15 is 0 Å². The number of imide groups is 1. The minimum Gasteiger partial charge on any atom is -0.329 e. The molecule has 1 heterocycles. The lowest BCUT2D eigenvalue weighted by Gasteiger charge is -2.12. The number of amides is 2. The van der Waals surface area contributed by atoms with E-state index in [2.05, 4.69) is 4.84 Å². The number of hydrogen-bond acceptors (Lipinski definition) is 8. The number of thioether (sulfide) groups is 1. The summed E-state index contributed by atoms with van der Waals surface area (Å²) in [6.45, 7) is 0. The van der Waals surface area contributed by atoms with E-state index in [1.54, 1.807) is 30.3 Å². The zero-order valence-corrected chi connectivity index (χ0v) is 13.6. The Morgan fingerprint density at radius 2 is 1.88 bits per heavy atom. The predicted molar refractivity (Wildman–Crippen MR) is 81.1 cm³/mol. The van der Waals surface area contributed by atoms with Gasteiger partial charge in [0, 0.05) is 5.56 Å². The molecular weight excluding hydrogens is 362 g/mol. The van der Waals surface area contributed by atoms with Gasteiger partial charge in [-0.3, -0.25) is 18.9 Å². The summed E-state index contributed by atoms with van der Waals surface area (Å²) in [5.74, 6) is -3.99. The van der Waals surface area contributed by atoms with Crippen LogP contribution in [0.3, 0.4) is 0 Å². The molecule has 0 aromatic heterocycles. The third kappa shape index (κ3) is 4.19. The molecule has 1 unspecified atom stereocenters. The average Bonchev–Trinajstić information content (AvgIpc) is 2.81. The maximum atomic E-state index is 11.8. The highest BCUT2D eigenvalue weighted by molar-refractivity contribution is 8.14. The van der Waals surface area contributed by atoms with Crippen molar-refractivity contribution in [2.75, 3.05) is 5.75 Å². The topological polar surface area (TPSA) is 135 Å². The van der Waals surface area contributed by atoms with Crippen molar-refractivity contribution in [1.82, 2.24) is 5.06 Å². The molecule has 1 aromatic rings. The first-order valence-corrected chi connectivity index (χ1v) is 8.95. The minimum atomic E-state index is -4.78. The van der Waals surface area contributed by atoms with Gasteiger partial charge in [0.15, 0.2) is 5.25 Å². The third-order valence-corrected chi connectivity index (χ3v) is 4.91. The summed E-state index contributed by atoms with van der Waals surface area (Å²) in [6, 6.07) is 8.09. The van der Waals surface area contributed by atoms with Crippen LogP contribution in [0.25, 0.3) is 0 Å². The molecule has 11 heteroatoms. The molecular formula is C13H11NO8S2. The van der Waals surface area contributed by atoms with E-state index in [-0.39, 0.29) is 5.06 Å². The molecule has 2 rings (SSSR count). The maximum absolute atomic E-state index is 11.8. The van der Waals surface area contributed by atoms with Crippen LogP contribution < -0.4 is 0 Å². The van der Waals surface area contributed by atoms with Crippen molar-refractivity contribution in [2.45, 2.75) is 11.7 Å². The summed E-state index contributed by atoms with van der Waals surface area (Å²) in [5.41, 5.74) is 0.357. The van der Waals surface area contributed by atoms with Crippen molar-refractivity contribution < 1.29 is 37.0 Å². The summed E-state index contributed by atoms with van der Waals surface area (Å²) in [4.78, 5) is 51.1. The molecule has 1 aliphatic heterocycles. The first-order valence-electron chi connectivity index (χ1n) is 6.46. The van der Waals surface area contributed by atoms with Crippen molar-refractivity contribution >= 4 is 44.8 Å². The number of hydroxylamine groups is 2. The van der Waals surface area contributed by atoms with Crippen molar-refractivity contribution in [3.05, 3.63) is 35.9 Å². The van der Waals surface area contributed by atoms with Gasteiger partial charge in [0.1, 0.15) is 5.75 Å². The standard InChI is InChI=1S/C13H11NO8S2/c15-10-6-9(24(19,20)21)12(17)14(10)22-11(16)7-23-13(18)8-4-2-1-3-5-8/h1-5,9H,6-7H2,(H,19,20,21). The molecule has 0 saturated carbocycles. The predicted octanol–water partition coefficient (Wildman–Crippen LogP) is 0.0335. The van der Waals surface area contributed by atoms with Crippen LogP contribution in [0, 0.1) is 0 Å². The number of benzene rings is 1. The maximum Gasteiger partial charge on any atom is 0.343 e. The number of nitrogens with zero attached hydrogens (tertiary/aromatic N) is 1. The van der Waals surface area contributed by atoms with Gasteiger partial charge in [-0.25, -0.2) is 4.79 Å². The molecule has 0 aliphatic carbocycles. The van der Waals surface area contributed by atoms with E-state index in [0.29, 0.717) is 17.3 Å². The highest BCUT2D eigenvalue weighted by atomic mass is 32.2. The monoisotopic (exact) mass is 373 g/mol. The van der Waals surface area contributed by atoms with Crippen LogP contribution in [-0.4, -0.2) is 51.9 Å². The number of rotatable bonds is 5. The van der Waals surface area contributed by atoms with Crippen molar-refractivity contribution in [3.8, 4) is 0 Å². The third-order valence-electron chi connectivity index (χ3n) is 2.95. The summed E-state index contributed by atoms with van der Waals surface area (Å²) in [7, 11) is -4.78. The van der Waals surface area contributed by atoms with Crippen molar-refractivity contribution in [1.29, 1.82) is 0 Å². The molecule has 1 atom stereocenters. The summed E-state index contributed by atoms with van der Waals surface area (Å²) >= 11 is 0.599. The van der Waals surface area contributed by atoms with E-state index in [0.717, 1.165) is 0 Å². The van der Waals surface area contributed by atoms with Crippen LogP contribution in [-0.2, 0) is 29.3 Å². The Bertz CT molecular complexity index is 789. The van der Waals surface area contributed by atoms with Crippen LogP contribution in [0.2, 0.25) is 0 Å². The Kier molecular flexibility index (Phi) is 5.36. The fourth-order valence-electron chi connectivity index (χ4n) is 1.82. The first-order chi connectivity index (χ1) is 11.2. The molecule has 0 radical (unpaired) electrons. The lowest BCUT2D eigenvalue weighted by Crippen LogP contribution is -2.37. The van der Waals surface area contributed by atoms with Gasteiger partial charge >= 0.3 is 5.97 Å². The number of hydrogen-bond donors (Lipinski definition) is 1. The lowest BCUT2D eigenvalue weighted by atomic mass is 10.2. The Labute approximate surface area is 140 Å². The zero-order valence-electron chi connectivity index (χ0n) is 11.9. The van der Waals surface area contributed by atoms with Gasteiger partial charge in [-0.2, -0.15) is 8.42 Å². The molecule has 24 heavy (non-hydrogen) atoms. The van der Waals surface area contributed by atoms with Crippen LogP contribution in [0.15, 0.2) is 30.3 Å². The Balaban J connectivity index is 1.92. The van der Waals surface area contributed by atoms with Gasteiger partial charge in [0.05, 0.1) is 6.42 Å². The van der Waals surface area contributed by atoms with E-state index in [1.807, 2.05) is 0 Å². The number of carbonyl (C=O) groups is 4. The second-order valence-electron chi connectivity index (χ2n) is 4.64. The fraction of sp³-hybridized carbons (Fsp3) is 0.231. The van der Waals surface area contributed by atoms with Crippen molar-refractivity contribution in [2.24, 2.45) is 0 Å². The molecule has 2 amide bonds. The van der Waals surface area contributed by atoms with Gasteiger partial charge in [-0.05, 0) is 0 Å². The molecule has 128 valence electrons. The SMILES string of the molecule is O=C(CSC(=O)c1ccccc1)ON1C(=O)CC(S(=O)(=O)O)C1=O. The highest BCUT2D eigenvalue weighted by Gasteiger charge is 2.48. The molecule has 1 fully saturated rings. The van der Waals surface area contributed by atoms with Gasteiger partial charge < -0.3 is 4.84 Å². The minimum absolute atomic E-state index is 0.00563. The van der Waals surface area contributed by atoms with E-state index in [9.17, 15) is 27.6 Å². The average molecular weight is 373 g/mol. The van der Waals surface area contributed by atoms with E-state index < -0.39 is 50.4 Å². The van der Waals surface area contributed by atoms with Gasteiger partial charge in [0.2, 0.25) is 5.12 Å². The molecule has 1 aliphatic rings. The smallest absolute Gasteiger partial charge is 0.329 e. The van der Waals surface area contributed by atoms with Crippen LogP contribution in [0.1, 0.15) is 16.8 Å². The van der Waals surface area contributed by atoms with E-state index in [1.165, 1.54) is 0 Å². The Morgan fingerprint density at radius 1 is 1.25 bits per heavy atom. The van der Waals surface area contributed by atoms with Gasteiger partial charge in [-0.15, -0.1) is 5.06 Å². The highest BCUT2D eigenvalue weighted by Crippen LogP contribution is 2.20. The number of carbonyl (C=O) groups excluding carboxylic acids is 4. The second kappa shape index (κ2) is 7.11. The van der Waals surface area contributed by atoms with Crippen LogP contribution in [0.4, 0.5) is 0 Å². The summed E-state index contributed by atoms with van der Waals surface area (Å²) < 4.78 is 30.8. The normalized spacial score (nSPS) is 17.9. The molecule has 0 bridgehead atoms. The molecule has 1 N–H and O–H groups in total. The van der Waals surface area contributed by atoms with Gasteiger partial charge in [-0.1, -0.05) is 42.1 Å². The Hall–Kier alpha value is -2.24. The van der Waals surface area contributed by atoms with Crippen LogP contribution in [0.5, 0.6) is 0 Å². The molecule has 9 nitrogen and oxygen atoms in total. The van der Waals surface area contributed by atoms with Gasteiger partial charge in [0.25, 0.3) is 21.9 Å². The van der Waals surface area contributed by atoms with Crippen molar-refractivity contribution in [3.63, 3.8) is 0 Å². The quantitative estimate of drug-likeness (QED) is 0.560. The second-order valence-corrected chi connectivity index (χ2v) is 7.19.